The number of likely N-dealkylation sites (N-methyl/N-ethyl adjacent to an activating group) is 1. The Morgan fingerprint density at radius 2 is 2.27 bits per heavy atom. The van der Waals surface area contributed by atoms with Crippen molar-refractivity contribution in [3.05, 3.63) is 0 Å². The Kier molecular flexibility index (Phi) is 5.05. The maximum absolute atomic E-state index is 11.3. The van der Waals surface area contributed by atoms with Crippen LogP contribution in [0.2, 0.25) is 0 Å². The van der Waals surface area contributed by atoms with Crippen LogP contribution in [0.3, 0.4) is 0 Å². The van der Waals surface area contributed by atoms with Crippen molar-refractivity contribution in [1.29, 1.82) is 0 Å². The average molecular weight is 213 g/mol. The standard InChI is InChI=1S/C11H23N3O/c1-4-12-11(15)7-13-10-5-6-14(3)8-9(10)2/h9-10,13H,4-8H2,1-3H3,(H,12,15). The number of piperidine rings is 1. The SMILES string of the molecule is CCNC(=O)CNC1CCN(C)CC1C. The fourth-order valence-corrected chi connectivity index (χ4v) is 2.14. The molecule has 0 aromatic heterocycles. The molecule has 0 radical (unpaired) electrons. The summed E-state index contributed by atoms with van der Waals surface area (Å²) >= 11 is 0. The highest BCUT2D eigenvalue weighted by Gasteiger charge is 2.23. The van der Waals surface area contributed by atoms with Crippen LogP contribution in [0.25, 0.3) is 0 Å². The van der Waals surface area contributed by atoms with E-state index in [1.54, 1.807) is 0 Å². The normalized spacial score (nSPS) is 27.7. The first-order chi connectivity index (χ1) is 7.13. The molecule has 15 heavy (non-hydrogen) atoms. The summed E-state index contributed by atoms with van der Waals surface area (Å²) in [6.07, 6.45) is 1.14. The summed E-state index contributed by atoms with van der Waals surface area (Å²) in [6.45, 7) is 7.58. The zero-order valence-electron chi connectivity index (χ0n) is 10.0. The van der Waals surface area contributed by atoms with E-state index in [1.165, 1.54) is 0 Å². The van der Waals surface area contributed by atoms with Gasteiger partial charge in [-0.25, -0.2) is 0 Å². The molecule has 0 saturated carbocycles. The Hall–Kier alpha value is -0.610. The molecule has 0 aliphatic carbocycles. The molecule has 0 aromatic carbocycles. The number of nitrogens with one attached hydrogen (secondary N) is 2. The second-order valence-electron chi connectivity index (χ2n) is 4.47. The molecule has 2 unspecified atom stereocenters. The van der Waals surface area contributed by atoms with Crippen LogP contribution in [-0.4, -0.2) is 50.1 Å². The highest BCUT2D eigenvalue weighted by molar-refractivity contribution is 5.77. The maximum atomic E-state index is 11.3. The second kappa shape index (κ2) is 6.08. The topological polar surface area (TPSA) is 44.4 Å². The van der Waals surface area contributed by atoms with Crippen molar-refractivity contribution in [2.45, 2.75) is 26.3 Å². The fourth-order valence-electron chi connectivity index (χ4n) is 2.14. The molecule has 1 saturated heterocycles. The lowest BCUT2D eigenvalue weighted by Gasteiger charge is -2.35. The molecule has 1 fully saturated rings. The highest BCUT2D eigenvalue weighted by Crippen LogP contribution is 2.14. The quantitative estimate of drug-likeness (QED) is 0.694. The fraction of sp³-hybridized carbons (Fsp3) is 0.909. The Bertz CT molecular complexity index is 208. The molecular weight excluding hydrogens is 190 g/mol. The van der Waals surface area contributed by atoms with Gasteiger partial charge in [0.2, 0.25) is 5.91 Å². The summed E-state index contributed by atoms with van der Waals surface area (Å²) in [7, 11) is 2.15. The van der Waals surface area contributed by atoms with Crippen LogP contribution >= 0.6 is 0 Å². The van der Waals surface area contributed by atoms with E-state index in [9.17, 15) is 4.79 Å². The molecule has 1 heterocycles. The summed E-state index contributed by atoms with van der Waals surface area (Å²) in [6, 6.07) is 0.490. The highest BCUT2D eigenvalue weighted by atomic mass is 16.1. The van der Waals surface area contributed by atoms with Crippen molar-refractivity contribution in [2.75, 3.05) is 33.2 Å². The van der Waals surface area contributed by atoms with Gasteiger partial charge < -0.3 is 15.5 Å². The van der Waals surface area contributed by atoms with Crippen molar-refractivity contribution in [2.24, 2.45) is 5.92 Å². The Morgan fingerprint density at radius 3 is 2.87 bits per heavy atom. The van der Waals surface area contributed by atoms with Gasteiger partial charge in [0.1, 0.15) is 0 Å². The van der Waals surface area contributed by atoms with Gasteiger partial charge in [0.05, 0.1) is 6.54 Å². The number of hydrogen-bond donors (Lipinski definition) is 2. The number of hydrogen-bond acceptors (Lipinski definition) is 3. The first kappa shape index (κ1) is 12.5. The van der Waals surface area contributed by atoms with Gasteiger partial charge in [0.25, 0.3) is 0 Å². The molecule has 88 valence electrons. The van der Waals surface area contributed by atoms with Crippen LogP contribution in [-0.2, 0) is 4.79 Å². The van der Waals surface area contributed by atoms with E-state index in [2.05, 4.69) is 29.5 Å². The molecule has 1 rings (SSSR count). The van der Waals surface area contributed by atoms with E-state index in [-0.39, 0.29) is 5.91 Å². The Labute approximate surface area is 92.4 Å². The minimum absolute atomic E-state index is 0.101. The van der Waals surface area contributed by atoms with Crippen LogP contribution in [0.4, 0.5) is 0 Å². The maximum Gasteiger partial charge on any atom is 0.233 e. The van der Waals surface area contributed by atoms with Crippen LogP contribution in [0.5, 0.6) is 0 Å². The van der Waals surface area contributed by atoms with Crippen molar-refractivity contribution in [3.63, 3.8) is 0 Å². The van der Waals surface area contributed by atoms with Gasteiger partial charge in [-0.2, -0.15) is 0 Å². The van der Waals surface area contributed by atoms with Crippen molar-refractivity contribution in [3.8, 4) is 0 Å². The molecule has 2 atom stereocenters. The molecule has 0 aromatic rings. The molecular formula is C11H23N3O. The van der Waals surface area contributed by atoms with Gasteiger partial charge in [-0.3, -0.25) is 4.79 Å². The smallest absolute Gasteiger partial charge is 0.233 e. The van der Waals surface area contributed by atoms with E-state index in [0.29, 0.717) is 25.0 Å². The van der Waals surface area contributed by atoms with Crippen molar-refractivity contribution >= 4 is 5.91 Å². The average Bonchev–Trinajstić information content (AvgIpc) is 2.17. The van der Waals surface area contributed by atoms with Crippen molar-refractivity contribution < 1.29 is 4.79 Å². The van der Waals surface area contributed by atoms with E-state index >= 15 is 0 Å². The van der Waals surface area contributed by atoms with Gasteiger partial charge in [-0.1, -0.05) is 6.92 Å². The molecule has 2 N–H and O–H groups in total. The molecule has 4 heteroatoms. The van der Waals surface area contributed by atoms with Crippen molar-refractivity contribution in [1.82, 2.24) is 15.5 Å². The van der Waals surface area contributed by atoms with E-state index in [4.69, 9.17) is 0 Å². The summed E-state index contributed by atoms with van der Waals surface area (Å²) < 4.78 is 0. The second-order valence-corrected chi connectivity index (χ2v) is 4.47. The molecule has 0 spiro atoms. The molecule has 1 amide bonds. The third-order valence-electron chi connectivity index (χ3n) is 3.01. The zero-order chi connectivity index (χ0) is 11.3. The van der Waals surface area contributed by atoms with Gasteiger partial charge in [0.15, 0.2) is 0 Å². The van der Waals surface area contributed by atoms with E-state index in [1.807, 2.05) is 6.92 Å². The van der Waals surface area contributed by atoms with Crippen LogP contribution in [0.1, 0.15) is 20.3 Å². The zero-order valence-corrected chi connectivity index (χ0v) is 10.0. The van der Waals surface area contributed by atoms with Crippen LogP contribution in [0, 0.1) is 5.92 Å². The minimum atomic E-state index is 0.101. The predicted octanol–water partition coefficient (Wildman–Crippen LogP) is 0.0523. The number of likely N-dealkylation sites (tertiary alicyclic amines) is 1. The lowest BCUT2D eigenvalue weighted by Crippen LogP contribution is -2.49. The third kappa shape index (κ3) is 4.18. The Morgan fingerprint density at radius 1 is 1.53 bits per heavy atom. The summed E-state index contributed by atoms with van der Waals surface area (Å²) in [5, 5.41) is 6.13. The number of carbonyl (C=O) groups is 1. The van der Waals surface area contributed by atoms with Crippen LogP contribution < -0.4 is 10.6 Å². The largest absolute Gasteiger partial charge is 0.355 e. The van der Waals surface area contributed by atoms with Crippen LogP contribution in [0.15, 0.2) is 0 Å². The third-order valence-corrected chi connectivity index (χ3v) is 3.01. The van der Waals surface area contributed by atoms with Gasteiger partial charge in [-0.15, -0.1) is 0 Å². The lowest BCUT2D eigenvalue weighted by molar-refractivity contribution is -0.120. The first-order valence-electron chi connectivity index (χ1n) is 5.82. The monoisotopic (exact) mass is 213 g/mol. The van der Waals surface area contributed by atoms with E-state index in [0.717, 1.165) is 19.5 Å². The van der Waals surface area contributed by atoms with Gasteiger partial charge in [0, 0.05) is 19.1 Å². The summed E-state index contributed by atoms with van der Waals surface area (Å²) in [4.78, 5) is 13.6. The molecule has 1 aliphatic heterocycles. The number of amides is 1. The minimum Gasteiger partial charge on any atom is -0.355 e. The Balaban J connectivity index is 2.23. The van der Waals surface area contributed by atoms with Gasteiger partial charge >= 0.3 is 0 Å². The summed E-state index contributed by atoms with van der Waals surface area (Å²) in [5.41, 5.74) is 0. The molecule has 1 aliphatic rings. The van der Waals surface area contributed by atoms with E-state index < -0.39 is 0 Å². The number of rotatable bonds is 4. The number of nitrogens with zero attached hydrogens (tertiary/aromatic N) is 1. The predicted molar refractivity (Wildman–Crippen MR) is 61.8 cm³/mol. The lowest BCUT2D eigenvalue weighted by atomic mass is 9.94. The molecule has 4 nitrogen and oxygen atoms in total. The first-order valence-corrected chi connectivity index (χ1v) is 5.82. The number of carbonyl (C=O) groups excluding carboxylic acids is 1. The van der Waals surface area contributed by atoms with Gasteiger partial charge in [-0.05, 0) is 32.9 Å². The summed E-state index contributed by atoms with van der Waals surface area (Å²) in [5.74, 6) is 0.724. The molecule has 0 bridgehead atoms.